The molecule has 82 valence electrons. The van der Waals surface area contributed by atoms with Gasteiger partial charge in [0.1, 0.15) is 0 Å². The fourth-order valence-electron chi connectivity index (χ4n) is 1.10. The summed E-state index contributed by atoms with van der Waals surface area (Å²) >= 11 is 0. The van der Waals surface area contributed by atoms with Gasteiger partial charge in [-0.2, -0.15) is 0 Å². The molecule has 0 unspecified atom stereocenters. The Balaban J connectivity index is 2.67. The Labute approximate surface area is 95.4 Å². The molecule has 7 heteroatoms. The Morgan fingerprint density at radius 1 is 1.50 bits per heavy atom. The van der Waals surface area contributed by atoms with E-state index in [4.69, 9.17) is 9.97 Å². The summed E-state index contributed by atoms with van der Waals surface area (Å²) in [6.45, 7) is 1.59. The summed E-state index contributed by atoms with van der Waals surface area (Å²) in [5.41, 5.74) is 0.857. The average molecular weight is 217 g/mol. The molecule has 0 radical (unpaired) electrons. The van der Waals surface area contributed by atoms with Crippen LogP contribution in [0.3, 0.4) is 0 Å². The number of nitrogens with one attached hydrogen (secondary N) is 3. The van der Waals surface area contributed by atoms with Crippen molar-refractivity contribution >= 4 is 20.0 Å². The quantitative estimate of drug-likeness (QED) is 0.423. The van der Waals surface area contributed by atoms with E-state index in [9.17, 15) is 5.02 Å². The molecule has 0 aliphatic heterocycles. The van der Waals surface area contributed by atoms with Gasteiger partial charge < -0.3 is 0 Å². The van der Waals surface area contributed by atoms with E-state index in [1.807, 2.05) is 30.3 Å². The molecule has 0 saturated carbocycles. The molecule has 0 aliphatic rings. The summed E-state index contributed by atoms with van der Waals surface area (Å²) in [5, 5.41) is 21.7. The van der Waals surface area contributed by atoms with Crippen LogP contribution in [0.15, 0.2) is 42.4 Å². The maximum atomic E-state index is 9.20. The van der Waals surface area contributed by atoms with Crippen molar-refractivity contribution in [1.82, 2.24) is 5.23 Å². The van der Waals surface area contributed by atoms with Gasteiger partial charge in [-0.05, 0) is 0 Å². The third-order valence-electron chi connectivity index (χ3n) is 1.67. The van der Waals surface area contributed by atoms with Crippen molar-refractivity contribution in [2.45, 2.75) is 6.82 Å². The predicted molar refractivity (Wildman–Crippen MR) is 64.7 cm³/mol. The zero-order valence-electron chi connectivity index (χ0n) is 8.97. The number of hydrogen-bond donors (Lipinski definition) is 4. The second kappa shape index (κ2) is 6.68. The van der Waals surface area contributed by atoms with Crippen LogP contribution in [0.2, 0.25) is 6.82 Å². The van der Waals surface area contributed by atoms with Crippen LogP contribution in [0.25, 0.3) is 0 Å². The van der Waals surface area contributed by atoms with Gasteiger partial charge in [0, 0.05) is 0 Å². The van der Waals surface area contributed by atoms with Crippen molar-refractivity contribution in [3.05, 3.63) is 42.4 Å². The first-order valence-corrected chi connectivity index (χ1v) is 4.83. The zero-order chi connectivity index (χ0) is 11.8. The molecule has 0 heterocycles. The molecular formula is C9H13B2N3O2. The Morgan fingerprint density at radius 3 is 2.75 bits per heavy atom. The number of para-hydroxylation sites is 1. The molecule has 0 aliphatic carbocycles. The van der Waals surface area contributed by atoms with Crippen molar-refractivity contribution in [2.75, 3.05) is 5.32 Å². The Kier molecular flexibility index (Phi) is 5.15. The van der Waals surface area contributed by atoms with Crippen molar-refractivity contribution < 1.29 is 9.68 Å². The number of rotatable bonds is 6. The van der Waals surface area contributed by atoms with Crippen LogP contribution in [-0.4, -0.2) is 19.3 Å². The summed E-state index contributed by atoms with van der Waals surface area (Å²) in [7, 11) is 0.0907. The molecule has 1 rings (SSSR count). The van der Waals surface area contributed by atoms with Crippen molar-refractivity contribution in [3.63, 3.8) is 0 Å². The van der Waals surface area contributed by atoms with Crippen LogP contribution in [-0.2, 0) is 4.65 Å². The minimum atomic E-state index is -0.711. The SMILES string of the molecule is CB(O)N/C(=C\OB=N)Nc1ccccc1. The van der Waals surface area contributed by atoms with E-state index < -0.39 is 7.05 Å². The Morgan fingerprint density at radius 2 is 2.19 bits per heavy atom. The van der Waals surface area contributed by atoms with Crippen molar-refractivity contribution in [1.29, 1.82) is 5.31 Å². The molecule has 0 atom stereocenters. The first kappa shape index (κ1) is 12.3. The fraction of sp³-hybridized carbons (Fsp3) is 0.111. The van der Waals surface area contributed by atoms with Crippen LogP contribution >= 0.6 is 0 Å². The average Bonchev–Trinajstić information content (AvgIpc) is 2.26. The molecule has 1 aromatic carbocycles. The van der Waals surface area contributed by atoms with Gasteiger partial charge in [0.25, 0.3) is 0 Å². The third-order valence-corrected chi connectivity index (χ3v) is 1.67. The molecule has 4 N–H and O–H groups in total. The molecule has 0 amide bonds. The molecular weight excluding hydrogens is 204 g/mol. The number of hydrogen-bond acceptors (Lipinski definition) is 5. The van der Waals surface area contributed by atoms with Crippen molar-refractivity contribution in [3.8, 4) is 0 Å². The van der Waals surface area contributed by atoms with Gasteiger partial charge >= 0.3 is 94.8 Å². The van der Waals surface area contributed by atoms with Gasteiger partial charge in [-0.15, -0.1) is 0 Å². The van der Waals surface area contributed by atoms with Gasteiger partial charge in [0.2, 0.25) is 0 Å². The molecule has 0 bridgehead atoms. The summed E-state index contributed by atoms with van der Waals surface area (Å²) in [4.78, 5) is 0. The van der Waals surface area contributed by atoms with Gasteiger partial charge in [0.05, 0.1) is 0 Å². The first-order chi connectivity index (χ1) is 7.72. The van der Waals surface area contributed by atoms with E-state index >= 15 is 0 Å². The van der Waals surface area contributed by atoms with Crippen LogP contribution in [0.1, 0.15) is 0 Å². The van der Waals surface area contributed by atoms with Gasteiger partial charge in [-0.3, -0.25) is 0 Å². The van der Waals surface area contributed by atoms with Crippen LogP contribution < -0.4 is 10.5 Å². The summed E-state index contributed by atoms with van der Waals surface area (Å²) in [6.07, 6.45) is 1.31. The fourth-order valence-corrected chi connectivity index (χ4v) is 1.10. The molecule has 0 saturated heterocycles. The predicted octanol–water partition coefficient (Wildman–Crippen LogP) is 0.995. The molecule has 1 aromatic rings. The van der Waals surface area contributed by atoms with E-state index in [0.717, 1.165) is 13.0 Å². The zero-order valence-corrected chi connectivity index (χ0v) is 8.97. The van der Waals surface area contributed by atoms with Crippen LogP contribution in [0.4, 0.5) is 5.69 Å². The normalized spacial score (nSPS) is 10.2. The number of anilines is 1. The molecule has 0 aromatic heterocycles. The monoisotopic (exact) mass is 217 g/mol. The molecule has 0 fully saturated rings. The standard InChI is InChI=1S/C9H13B2N3O2/c1-11(15)14-9(7-16-10-12)13-8-5-3-2-4-6-8/h2-7,12-15H,1H3/b9-7-. The van der Waals surface area contributed by atoms with E-state index in [2.05, 4.69) is 10.5 Å². The topological polar surface area (TPSA) is 77.4 Å². The minimum absolute atomic E-state index is 0.477. The van der Waals surface area contributed by atoms with E-state index in [0.29, 0.717) is 5.82 Å². The van der Waals surface area contributed by atoms with Gasteiger partial charge in [0.15, 0.2) is 0 Å². The second-order valence-corrected chi connectivity index (χ2v) is 3.10. The Hall–Kier alpha value is -1.75. The maximum absolute atomic E-state index is 9.20. The molecule has 0 spiro atoms. The third kappa shape index (κ3) is 4.65. The Bertz CT molecular complexity index is 357. The van der Waals surface area contributed by atoms with Crippen LogP contribution in [0.5, 0.6) is 0 Å². The van der Waals surface area contributed by atoms with E-state index in [-0.39, 0.29) is 0 Å². The second-order valence-electron chi connectivity index (χ2n) is 3.10. The molecule has 5 nitrogen and oxygen atoms in total. The van der Waals surface area contributed by atoms with E-state index in [1.165, 1.54) is 6.26 Å². The number of benzene rings is 1. The first-order valence-electron chi connectivity index (χ1n) is 4.83. The summed E-state index contributed by atoms with van der Waals surface area (Å²) in [5.74, 6) is 0.477. The van der Waals surface area contributed by atoms with E-state index in [1.54, 1.807) is 6.82 Å². The molecule has 16 heavy (non-hydrogen) atoms. The van der Waals surface area contributed by atoms with Gasteiger partial charge in [-0.25, -0.2) is 0 Å². The summed E-state index contributed by atoms with van der Waals surface area (Å²) in [6, 6.07) is 9.44. The summed E-state index contributed by atoms with van der Waals surface area (Å²) < 4.78 is 4.71. The van der Waals surface area contributed by atoms with Crippen molar-refractivity contribution in [2.24, 2.45) is 0 Å². The van der Waals surface area contributed by atoms with Crippen LogP contribution in [0, 0.1) is 5.31 Å². The van der Waals surface area contributed by atoms with Gasteiger partial charge in [-0.1, -0.05) is 0 Å².